The van der Waals surface area contributed by atoms with E-state index in [1.165, 1.54) is 0 Å². The van der Waals surface area contributed by atoms with Crippen molar-refractivity contribution >= 4 is 0 Å². The van der Waals surface area contributed by atoms with Gasteiger partial charge >= 0.3 is 17.1 Å². The minimum absolute atomic E-state index is 0. The molecule has 0 aromatic heterocycles. The van der Waals surface area contributed by atoms with Crippen LogP contribution in [0.25, 0.3) is 0 Å². The van der Waals surface area contributed by atoms with Gasteiger partial charge in [0.15, 0.2) is 0 Å². The normalized spacial score (nSPS) is 6.00. The molecule has 0 atom stereocenters. The summed E-state index contributed by atoms with van der Waals surface area (Å²) in [4.78, 5) is 0. The molecule has 0 amide bonds. The molecular weight excluding hydrogens is 266 g/mol. The topological polar surface area (TPSA) is 40.5 Å². The van der Waals surface area contributed by atoms with Gasteiger partial charge in [0.05, 0.1) is 0 Å². The predicted molar refractivity (Wildman–Crippen MR) is 34.7 cm³/mol. The Labute approximate surface area is 104 Å². The van der Waals surface area contributed by atoms with Crippen molar-refractivity contribution in [2.24, 2.45) is 0 Å². The average Bonchev–Trinajstić information content (AvgIpc) is 1.25. The number of hydrogen-bond acceptors (Lipinski definition) is 2. The second-order valence-electron chi connectivity index (χ2n) is 2.19. The summed E-state index contributed by atoms with van der Waals surface area (Å²) in [6.07, 6.45) is -0.333. The molecule has 0 heterocycles. The molecule has 0 unspecified atom stereocenters. The molecule has 0 aliphatic rings. The Hall–Kier alpha value is 1.31. The van der Waals surface area contributed by atoms with Crippen LogP contribution in [0.15, 0.2) is 0 Å². The van der Waals surface area contributed by atoms with Gasteiger partial charge in [-0.3, -0.25) is 0 Å². The van der Waals surface area contributed by atoms with E-state index in [1.807, 2.05) is 0 Å². The van der Waals surface area contributed by atoms with Crippen LogP contribution in [-0.2, 0) is 17.1 Å². The standard InChI is InChI=1S/2C3H8O.3ClH.Fe/c2*1-3(2)4;;;;/h2*3-4H,1-2H3;3*1H;/q;;;;;+3/p-3. The second kappa shape index (κ2) is 29.5. The van der Waals surface area contributed by atoms with Crippen molar-refractivity contribution in [2.45, 2.75) is 39.9 Å². The maximum atomic E-state index is 8.06. The molecule has 2 nitrogen and oxygen atoms in total. The molecule has 0 rings (SSSR count). The Bertz CT molecular complexity index is 36.3. The zero-order valence-electron chi connectivity index (χ0n) is 7.54. The molecule has 0 saturated heterocycles. The Morgan fingerprint density at radius 1 is 0.667 bits per heavy atom. The largest absolute Gasteiger partial charge is 3.00 e. The van der Waals surface area contributed by atoms with Crippen molar-refractivity contribution in [3.63, 3.8) is 0 Å². The van der Waals surface area contributed by atoms with Gasteiger partial charge in [0.25, 0.3) is 0 Å². The third-order valence-electron chi connectivity index (χ3n) is 0. The molecule has 12 heavy (non-hydrogen) atoms. The summed E-state index contributed by atoms with van der Waals surface area (Å²) < 4.78 is 0. The quantitative estimate of drug-likeness (QED) is 0.433. The molecule has 2 N–H and O–H groups in total. The number of halogens is 3. The first-order valence-electron chi connectivity index (χ1n) is 2.83. The van der Waals surface area contributed by atoms with Gasteiger partial charge in [-0.25, -0.2) is 0 Å². The molecule has 1 radical (unpaired) electrons. The van der Waals surface area contributed by atoms with Crippen molar-refractivity contribution in [1.29, 1.82) is 0 Å². The Kier molecular flexibility index (Phi) is 92.7. The smallest absolute Gasteiger partial charge is 1.00 e. The Morgan fingerprint density at radius 3 is 0.667 bits per heavy atom. The molecule has 0 aliphatic heterocycles. The number of aliphatic hydroxyl groups is 2. The molecule has 0 aromatic rings. The summed E-state index contributed by atoms with van der Waals surface area (Å²) in [5.41, 5.74) is 0. The minimum atomic E-state index is -0.167. The summed E-state index contributed by atoms with van der Waals surface area (Å²) in [5.74, 6) is 0. The fourth-order valence-electron chi connectivity index (χ4n) is 0. The van der Waals surface area contributed by atoms with Crippen molar-refractivity contribution < 1.29 is 64.5 Å². The maximum absolute atomic E-state index is 8.06. The monoisotopic (exact) mass is 281 g/mol. The van der Waals surface area contributed by atoms with Crippen molar-refractivity contribution in [2.75, 3.05) is 0 Å². The van der Waals surface area contributed by atoms with Gasteiger partial charge in [-0.15, -0.1) is 0 Å². The van der Waals surface area contributed by atoms with Gasteiger partial charge in [-0.1, -0.05) is 0 Å². The molecule has 0 saturated carbocycles. The van der Waals surface area contributed by atoms with Crippen LogP contribution in [0.2, 0.25) is 0 Å². The zero-order valence-corrected chi connectivity index (χ0v) is 10.9. The summed E-state index contributed by atoms with van der Waals surface area (Å²) >= 11 is 0. The molecule has 0 bridgehead atoms. The summed E-state index contributed by atoms with van der Waals surface area (Å²) in [6, 6.07) is 0. The van der Waals surface area contributed by atoms with Crippen LogP contribution in [0.3, 0.4) is 0 Å². The van der Waals surface area contributed by atoms with Gasteiger partial charge in [-0.05, 0) is 27.7 Å². The molecule has 81 valence electrons. The molecule has 0 fully saturated rings. The summed E-state index contributed by atoms with van der Waals surface area (Å²) in [5, 5.41) is 16.1. The van der Waals surface area contributed by atoms with Gasteiger partial charge < -0.3 is 47.4 Å². The summed E-state index contributed by atoms with van der Waals surface area (Å²) in [6.45, 7) is 6.89. The number of aliphatic hydroxyl groups excluding tert-OH is 2. The van der Waals surface area contributed by atoms with Crippen molar-refractivity contribution in [3.05, 3.63) is 0 Å². The first-order valence-corrected chi connectivity index (χ1v) is 2.83. The minimum Gasteiger partial charge on any atom is -1.00 e. The van der Waals surface area contributed by atoms with Gasteiger partial charge in [-0.2, -0.15) is 0 Å². The first-order chi connectivity index (χ1) is 3.46. The molecule has 6 heteroatoms. The van der Waals surface area contributed by atoms with Crippen LogP contribution in [0.4, 0.5) is 0 Å². The fourth-order valence-corrected chi connectivity index (χ4v) is 0. The summed E-state index contributed by atoms with van der Waals surface area (Å²) in [7, 11) is 0. The molecule has 0 aromatic carbocycles. The molecular formula is C6H16Cl3FeO2. The second-order valence-corrected chi connectivity index (χ2v) is 2.19. The van der Waals surface area contributed by atoms with Crippen LogP contribution in [0.1, 0.15) is 27.7 Å². The number of rotatable bonds is 0. The van der Waals surface area contributed by atoms with Crippen molar-refractivity contribution in [3.8, 4) is 0 Å². The van der Waals surface area contributed by atoms with E-state index in [9.17, 15) is 0 Å². The van der Waals surface area contributed by atoms with Crippen molar-refractivity contribution in [1.82, 2.24) is 0 Å². The van der Waals surface area contributed by atoms with E-state index in [0.29, 0.717) is 0 Å². The number of hydrogen-bond donors (Lipinski definition) is 2. The van der Waals surface area contributed by atoms with Crippen LogP contribution in [-0.4, -0.2) is 22.4 Å². The van der Waals surface area contributed by atoms with Crippen LogP contribution < -0.4 is 37.2 Å². The van der Waals surface area contributed by atoms with Gasteiger partial charge in [0.1, 0.15) is 0 Å². The average molecular weight is 282 g/mol. The van der Waals surface area contributed by atoms with Gasteiger partial charge in [0, 0.05) is 12.2 Å². The van der Waals surface area contributed by atoms with Crippen LogP contribution >= 0.6 is 0 Å². The van der Waals surface area contributed by atoms with E-state index in [-0.39, 0.29) is 66.5 Å². The molecule has 0 aliphatic carbocycles. The van der Waals surface area contributed by atoms with E-state index in [4.69, 9.17) is 10.2 Å². The SMILES string of the molecule is CC(C)O.CC(C)O.[Cl-].[Cl-].[Cl-].[Fe+3]. The van der Waals surface area contributed by atoms with Gasteiger partial charge in [0.2, 0.25) is 0 Å². The Balaban J connectivity index is -0.0000000112. The van der Waals surface area contributed by atoms with Crippen LogP contribution in [0.5, 0.6) is 0 Å². The van der Waals surface area contributed by atoms with E-state index in [0.717, 1.165) is 0 Å². The van der Waals surface area contributed by atoms with E-state index < -0.39 is 0 Å². The third kappa shape index (κ3) is 701. The maximum Gasteiger partial charge on any atom is 3.00 e. The first kappa shape index (κ1) is 37.7. The Morgan fingerprint density at radius 2 is 0.667 bits per heavy atom. The van der Waals surface area contributed by atoms with E-state index >= 15 is 0 Å². The van der Waals surface area contributed by atoms with E-state index in [2.05, 4.69) is 0 Å². The zero-order chi connectivity index (χ0) is 7.15. The third-order valence-corrected chi connectivity index (χ3v) is 0. The predicted octanol–water partition coefficient (Wildman–Crippen LogP) is -8.22. The fraction of sp³-hybridized carbons (Fsp3) is 1.00. The van der Waals surface area contributed by atoms with Crippen LogP contribution in [0, 0.1) is 0 Å². The molecule has 0 spiro atoms. The van der Waals surface area contributed by atoms with E-state index in [1.54, 1.807) is 27.7 Å².